The van der Waals surface area contributed by atoms with Crippen molar-refractivity contribution in [3.63, 3.8) is 0 Å². The molecule has 0 spiro atoms. The molecule has 1 aromatic rings. The van der Waals surface area contributed by atoms with Gasteiger partial charge in [-0.25, -0.2) is 0 Å². The second kappa shape index (κ2) is 9.09. The van der Waals surface area contributed by atoms with Crippen LogP contribution in [0.2, 0.25) is 0 Å². The van der Waals surface area contributed by atoms with Gasteiger partial charge < -0.3 is 5.11 Å². The van der Waals surface area contributed by atoms with Crippen molar-refractivity contribution in [1.82, 2.24) is 0 Å². The zero-order valence-electron chi connectivity index (χ0n) is 7.64. The lowest BCUT2D eigenvalue weighted by Gasteiger charge is -1.80. The van der Waals surface area contributed by atoms with E-state index in [-0.39, 0.29) is 6.47 Å². The largest absolute Gasteiger partial charge is 0.483 e. The summed E-state index contributed by atoms with van der Waals surface area (Å²) in [6.45, 7) is -0.250. The standard InChI is InChI=1S/C6H5Br.C3H6S.CH2O2/c7-6-4-2-1-3-5-6;4-3-1-2-3;2-1-3/h1-5H;3-4H,1-2H2;1H,(H,2,3). The SMILES string of the molecule is Brc1ccccc1.O=CO.SC1CC1. The highest BCUT2D eigenvalue weighted by molar-refractivity contribution is 9.10. The second-order valence-electron chi connectivity index (χ2n) is 2.63. The summed E-state index contributed by atoms with van der Waals surface area (Å²) in [5.41, 5.74) is 0. The molecule has 1 fully saturated rings. The number of benzene rings is 1. The summed E-state index contributed by atoms with van der Waals surface area (Å²) in [5, 5.41) is 7.67. The van der Waals surface area contributed by atoms with Crippen LogP contribution in [0.25, 0.3) is 0 Å². The number of carboxylic acid groups (broad SMARTS) is 1. The van der Waals surface area contributed by atoms with Crippen molar-refractivity contribution in [1.29, 1.82) is 0 Å². The predicted molar refractivity (Wildman–Crippen MR) is 64.8 cm³/mol. The molecule has 1 N–H and O–H groups in total. The summed E-state index contributed by atoms with van der Waals surface area (Å²) in [4.78, 5) is 8.36. The van der Waals surface area contributed by atoms with E-state index in [1.807, 2.05) is 30.3 Å². The van der Waals surface area contributed by atoms with Gasteiger partial charge in [0.15, 0.2) is 0 Å². The second-order valence-corrected chi connectivity index (χ2v) is 4.28. The lowest BCUT2D eigenvalue weighted by Crippen LogP contribution is -1.55. The Labute approximate surface area is 97.9 Å². The molecule has 0 aliphatic heterocycles. The molecule has 0 amide bonds. The average molecular weight is 277 g/mol. The quantitative estimate of drug-likeness (QED) is 0.564. The van der Waals surface area contributed by atoms with E-state index < -0.39 is 0 Å². The van der Waals surface area contributed by atoms with Gasteiger partial charge in [-0.3, -0.25) is 4.79 Å². The van der Waals surface area contributed by atoms with Gasteiger partial charge in [-0.15, -0.1) is 0 Å². The number of carbonyl (C=O) groups is 1. The van der Waals surface area contributed by atoms with Gasteiger partial charge in [0.05, 0.1) is 0 Å². The van der Waals surface area contributed by atoms with E-state index in [0.717, 1.165) is 9.72 Å². The molecule has 4 heteroatoms. The van der Waals surface area contributed by atoms with Crippen LogP contribution < -0.4 is 0 Å². The summed E-state index contributed by atoms with van der Waals surface area (Å²) in [6, 6.07) is 9.97. The van der Waals surface area contributed by atoms with E-state index in [1.165, 1.54) is 12.8 Å². The fraction of sp³-hybridized carbons (Fsp3) is 0.300. The molecule has 2 rings (SSSR count). The van der Waals surface area contributed by atoms with Crippen LogP contribution in [0.15, 0.2) is 34.8 Å². The van der Waals surface area contributed by atoms with E-state index in [1.54, 1.807) is 0 Å². The van der Waals surface area contributed by atoms with Crippen LogP contribution in [0, 0.1) is 0 Å². The van der Waals surface area contributed by atoms with Gasteiger partial charge in [-0.05, 0) is 25.0 Å². The van der Waals surface area contributed by atoms with Crippen LogP contribution in [0.3, 0.4) is 0 Å². The van der Waals surface area contributed by atoms with Crippen LogP contribution in [-0.4, -0.2) is 16.8 Å². The summed E-state index contributed by atoms with van der Waals surface area (Å²) in [5.74, 6) is 0. The summed E-state index contributed by atoms with van der Waals surface area (Å²) in [7, 11) is 0. The molecule has 0 bridgehead atoms. The molecule has 1 saturated carbocycles. The van der Waals surface area contributed by atoms with Gasteiger partial charge >= 0.3 is 0 Å². The molecule has 14 heavy (non-hydrogen) atoms. The van der Waals surface area contributed by atoms with Crippen molar-refractivity contribution in [3.8, 4) is 0 Å². The Bertz CT molecular complexity index is 237. The molecular formula is C10H13BrO2S. The van der Waals surface area contributed by atoms with Crippen LogP contribution in [0.4, 0.5) is 0 Å². The summed E-state index contributed by atoms with van der Waals surface area (Å²) >= 11 is 7.39. The van der Waals surface area contributed by atoms with E-state index in [4.69, 9.17) is 9.90 Å². The topological polar surface area (TPSA) is 37.3 Å². The van der Waals surface area contributed by atoms with Gasteiger partial charge in [-0.1, -0.05) is 34.1 Å². The number of hydrogen-bond acceptors (Lipinski definition) is 2. The molecule has 1 aliphatic rings. The van der Waals surface area contributed by atoms with Crippen molar-refractivity contribution < 1.29 is 9.90 Å². The van der Waals surface area contributed by atoms with Gasteiger partial charge in [0.1, 0.15) is 0 Å². The molecule has 78 valence electrons. The zero-order valence-corrected chi connectivity index (χ0v) is 10.1. The number of hydrogen-bond donors (Lipinski definition) is 2. The first kappa shape index (κ1) is 13.5. The van der Waals surface area contributed by atoms with Crippen molar-refractivity contribution in [2.24, 2.45) is 0 Å². The van der Waals surface area contributed by atoms with E-state index in [9.17, 15) is 0 Å². The van der Waals surface area contributed by atoms with Crippen molar-refractivity contribution in [2.45, 2.75) is 18.1 Å². The summed E-state index contributed by atoms with van der Waals surface area (Å²) < 4.78 is 1.13. The zero-order chi connectivity index (χ0) is 10.8. The minimum atomic E-state index is -0.250. The minimum absolute atomic E-state index is 0.250. The molecule has 0 atom stereocenters. The number of rotatable bonds is 0. The number of thiol groups is 1. The molecule has 0 unspecified atom stereocenters. The van der Waals surface area contributed by atoms with Gasteiger partial charge in [0.25, 0.3) is 6.47 Å². The van der Waals surface area contributed by atoms with E-state index in [0.29, 0.717) is 0 Å². The lowest BCUT2D eigenvalue weighted by atomic mass is 10.4. The normalized spacial score (nSPS) is 12.7. The van der Waals surface area contributed by atoms with Crippen molar-refractivity contribution in [3.05, 3.63) is 34.8 Å². The molecule has 0 heterocycles. The van der Waals surface area contributed by atoms with Crippen molar-refractivity contribution in [2.75, 3.05) is 0 Å². The Morgan fingerprint density at radius 2 is 1.71 bits per heavy atom. The maximum absolute atomic E-state index is 8.36. The maximum Gasteiger partial charge on any atom is 0.290 e. The third-order valence-electron chi connectivity index (χ3n) is 1.28. The Balaban J connectivity index is 0.000000206. The number of halogens is 1. The third kappa shape index (κ3) is 11.5. The van der Waals surface area contributed by atoms with Crippen LogP contribution >= 0.6 is 28.6 Å². The molecule has 0 aromatic heterocycles. The fourth-order valence-corrected chi connectivity index (χ4v) is 0.943. The summed E-state index contributed by atoms with van der Waals surface area (Å²) in [6.07, 6.45) is 2.70. The van der Waals surface area contributed by atoms with Crippen LogP contribution in [0.5, 0.6) is 0 Å². The monoisotopic (exact) mass is 276 g/mol. The van der Waals surface area contributed by atoms with Crippen LogP contribution in [0.1, 0.15) is 12.8 Å². The lowest BCUT2D eigenvalue weighted by molar-refractivity contribution is -0.122. The fourth-order valence-electron chi connectivity index (χ4n) is 0.489. The highest BCUT2D eigenvalue weighted by Crippen LogP contribution is 2.24. The first-order valence-corrected chi connectivity index (χ1v) is 5.48. The average Bonchev–Trinajstić information content (AvgIpc) is 2.91. The minimum Gasteiger partial charge on any atom is -0.483 e. The van der Waals surface area contributed by atoms with Gasteiger partial charge in [0.2, 0.25) is 0 Å². The molecule has 2 nitrogen and oxygen atoms in total. The molecule has 1 aromatic carbocycles. The Kier molecular flexibility index (Phi) is 8.78. The smallest absolute Gasteiger partial charge is 0.290 e. The third-order valence-corrected chi connectivity index (χ3v) is 2.33. The van der Waals surface area contributed by atoms with Crippen molar-refractivity contribution >= 4 is 35.0 Å². The molecule has 0 radical (unpaired) electrons. The Morgan fingerprint density at radius 1 is 1.36 bits per heavy atom. The first-order valence-electron chi connectivity index (χ1n) is 4.17. The van der Waals surface area contributed by atoms with Gasteiger partial charge in [-0.2, -0.15) is 12.6 Å². The Hall–Kier alpha value is -0.480. The molecule has 0 saturated heterocycles. The first-order chi connectivity index (χ1) is 6.70. The predicted octanol–water partition coefficient (Wildman–Crippen LogP) is 3.23. The highest BCUT2D eigenvalue weighted by Gasteiger charge is 2.14. The van der Waals surface area contributed by atoms with E-state index >= 15 is 0 Å². The van der Waals surface area contributed by atoms with Gasteiger partial charge in [0, 0.05) is 9.72 Å². The maximum atomic E-state index is 8.36. The molecular weight excluding hydrogens is 264 g/mol. The van der Waals surface area contributed by atoms with Crippen LogP contribution in [-0.2, 0) is 4.79 Å². The Morgan fingerprint density at radius 3 is 1.86 bits per heavy atom. The van der Waals surface area contributed by atoms with E-state index in [2.05, 4.69) is 28.6 Å². The highest BCUT2D eigenvalue weighted by atomic mass is 79.9. The molecule has 1 aliphatic carbocycles.